The lowest BCUT2D eigenvalue weighted by atomic mass is 10.1. The van der Waals surface area contributed by atoms with Gasteiger partial charge < -0.3 is 11.1 Å². The van der Waals surface area contributed by atoms with Gasteiger partial charge in [-0.1, -0.05) is 12.2 Å². The zero-order valence-electron chi connectivity index (χ0n) is 9.39. The van der Waals surface area contributed by atoms with Crippen LogP contribution in [-0.2, 0) is 10.8 Å². The van der Waals surface area contributed by atoms with Crippen LogP contribution in [0.15, 0.2) is 18.3 Å². The summed E-state index contributed by atoms with van der Waals surface area (Å²) >= 11 is 4.99. The predicted molar refractivity (Wildman–Crippen MR) is 74.6 cm³/mol. The quantitative estimate of drug-likeness (QED) is 0.803. The summed E-state index contributed by atoms with van der Waals surface area (Å²) in [5.74, 6) is 2.25. The Morgan fingerprint density at radius 2 is 2.24 bits per heavy atom. The zero-order valence-corrected chi connectivity index (χ0v) is 11.0. The number of rotatable bonds is 3. The van der Waals surface area contributed by atoms with Gasteiger partial charge in [-0.05, 0) is 25.0 Å². The molecule has 3 N–H and O–H groups in total. The summed E-state index contributed by atoms with van der Waals surface area (Å²) in [6.07, 6.45) is 3.52. The van der Waals surface area contributed by atoms with E-state index in [1.165, 1.54) is 0 Å². The van der Waals surface area contributed by atoms with Crippen LogP contribution in [0.4, 0.5) is 5.82 Å². The molecule has 0 radical (unpaired) electrons. The van der Waals surface area contributed by atoms with E-state index in [2.05, 4.69) is 10.3 Å². The Kier molecular flexibility index (Phi) is 4.06. The average molecular weight is 269 g/mol. The van der Waals surface area contributed by atoms with Crippen LogP contribution >= 0.6 is 12.2 Å². The van der Waals surface area contributed by atoms with Crippen LogP contribution < -0.4 is 11.1 Å². The second kappa shape index (κ2) is 5.55. The van der Waals surface area contributed by atoms with Crippen LogP contribution in [0.25, 0.3) is 0 Å². The minimum Gasteiger partial charge on any atom is -0.389 e. The molecule has 1 aromatic rings. The van der Waals surface area contributed by atoms with Gasteiger partial charge in [0.25, 0.3) is 0 Å². The topological polar surface area (TPSA) is 68.0 Å². The lowest BCUT2D eigenvalue weighted by molar-refractivity contribution is 0.622. The monoisotopic (exact) mass is 269 g/mol. The number of nitrogens with one attached hydrogen (secondary N) is 1. The van der Waals surface area contributed by atoms with Crippen molar-refractivity contribution < 1.29 is 4.21 Å². The highest BCUT2D eigenvalue weighted by Crippen LogP contribution is 2.17. The first-order chi connectivity index (χ1) is 8.16. The van der Waals surface area contributed by atoms with Crippen molar-refractivity contribution >= 4 is 33.8 Å². The molecule has 2 heterocycles. The van der Waals surface area contributed by atoms with Crippen molar-refractivity contribution in [2.75, 3.05) is 16.8 Å². The van der Waals surface area contributed by atoms with Gasteiger partial charge in [0, 0.05) is 34.5 Å². The number of anilines is 1. The van der Waals surface area contributed by atoms with Crippen molar-refractivity contribution in [2.45, 2.75) is 18.9 Å². The minimum absolute atomic E-state index is 0.315. The number of aromatic nitrogens is 1. The number of nitrogens with zero attached hydrogens (tertiary/aromatic N) is 1. The second-order valence-corrected chi connectivity index (χ2v) is 6.17. The zero-order chi connectivity index (χ0) is 12.3. The molecule has 0 bridgehead atoms. The molecule has 0 amide bonds. The Labute approximate surface area is 108 Å². The SMILES string of the molecule is NC(=S)c1cccnc1NC1CCS(=O)CC1. The molecular weight excluding hydrogens is 254 g/mol. The maximum absolute atomic E-state index is 11.3. The molecule has 6 heteroatoms. The molecule has 0 aromatic carbocycles. The van der Waals surface area contributed by atoms with Crippen molar-refractivity contribution in [3.63, 3.8) is 0 Å². The third-order valence-corrected chi connectivity index (χ3v) is 4.40. The van der Waals surface area contributed by atoms with Gasteiger partial charge in [0.1, 0.15) is 10.8 Å². The number of hydrogen-bond acceptors (Lipinski definition) is 4. The molecular formula is C11H15N3OS2. The number of hydrogen-bond donors (Lipinski definition) is 2. The van der Waals surface area contributed by atoms with Gasteiger partial charge in [-0.3, -0.25) is 4.21 Å². The lowest BCUT2D eigenvalue weighted by Gasteiger charge is -2.23. The first-order valence-corrected chi connectivity index (χ1v) is 7.43. The van der Waals surface area contributed by atoms with E-state index in [-0.39, 0.29) is 0 Å². The van der Waals surface area contributed by atoms with Gasteiger partial charge >= 0.3 is 0 Å². The fraction of sp³-hybridized carbons (Fsp3) is 0.455. The Bertz CT molecular complexity index is 440. The molecule has 0 unspecified atom stereocenters. The molecule has 0 spiro atoms. The van der Waals surface area contributed by atoms with Crippen molar-refractivity contribution in [3.8, 4) is 0 Å². The van der Waals surface area contributed by atoms with E-state index in [9.17, 15) is 4.21 Å². The molecule has 92 valence electrons. The van der Waals surface area contributed by atoms with Gasteiger partial charge in [0.2, 0.25) is 0 Å². The molecule has 0 atom stereocenters. The van der Waals surface area contributed by atoms with E-state index < -0.39 is 10.8 Å². The highest BCUT2D eigenvalue weighted by molar-refractivity contribution is 7.85. The van der Waals surface area contributed by atoms with Gasteiger partial charge in [0.05, 0.1) is 5.56 Å². The Morgan fingerprint density at radius 1 is 1.53 bits per heavy atom. The van der Waals surface area contributed by atoms with Crippen LogP contribution in [-0.4, -0.2) is 31.7 Å². The second-order valence-electron chi connectivity index (χ2n) is 4.03. The van der Waals surface area contributed by atoms with Gasteiger partial charge in [-0.25, -0.2) is 4.98 Å². The van der Waals surface area contributed by atoms with E-state index in [0.29, 0.717) is 11.0 Å². The van der Waals surface area contributed by atoms with E-state index >= 15 is 0 Å². The number of pyridine rings is 1. The fourth-order valence-electron chi connectivity index (χ4n) is 1.85. The Morgan fingerprint density at radius 3 is 2.88 bits per heavy atom. The number of nitrogens with two attached hydrogens (primary N) is 1. The van der Waals surface area contributed by atoms with Gasteiger partial charge in [0.15, 0.2) is 0 Å². The fourth-order valence-corrected chi connectivity index (χ4v) is 3.31. The molecule has 1 aliphatic heterocycles. The molecule has 1 aliphatic rings. The molecule has 17 heavy (non-hydrogen) atoms. The summed E-state index contributed by atoms with van der Waals surface area (Å²) in [5, 5.41) is 3.34. The summed E-state index contributed by atoms with van der Waals surface area (Å²) < 4.78 is 11.3. The standard InChI is InChI=1S/C11H15N3OS2/c12-10(16)9-2-1-5-13-11(9)14-8-3-6-17(15)7-4-8/h1-2,5,8H,3-4,6-7H2,(H2,12,16)(H,13,14). The maximum atomic E-state index is 11.3. The van der Waals surface area contributed by atoms with Crippen LogP contribution in [0.3, 0.4) is 0 Å². The van der Waals surface area contributed by atoms with E-state index in [1.807, 2.05) is 12.1 Å². The van der Waals surface area contributed by atoms with Crippen molar-refractivity contribution in [1.29, 1.82) is 0 Å². The summed E-state index contributed by atoms with van der Waals surface area (Å²) in [6, 6.07) is 3.99. The molecule has 1 fully saturated rings. The van der Waals surface area contributed by atoms with Crippen LogP contribution in [0.2, 0.25) is 0 Å². The molecule has 0 aliphatic carbocycles. The molecule has 1 aromatic heterocycles. The summed E-state index contributed by atoms with van der Waals surface area (Å²) in [7, 11) is -0.644. The van der Waals surface area contributed by atoms with Crippen molar-refractivity contribution in [1.82, 2.24) is 4.98 Å². The van der Waals surface area contributed by atoms with Gasteiger partial charge in [-0.15, -0.1) is 0 Å². The van der Waals surface area contributed by atoms with Crippen molar-refractivity contribution in [3.05, 3.63) is 23.9 Å². The van der Waals surface area contributed by atoms with E-state index in [1.54, 1.807) is 6.20 Å². The van der Waals surface area contributed by atoms with Crippen molar-refractivity contribution in [2.24, 2.45) is 5.73 Å². The first kappa shape index (κ1) is 12.4. The van der Waals surface area contributed by atoms with Crippen LogP contribution in [0.1, 0.15) is 18.4 Å². The summed E-state index contributed by atoms with van der Waals surface area (Å²) in [5.41, 5.74) is 6.42. The van der Waals surface area contributed by atoms with E-state index in [0.717, 1.165) is 35.7 Å². The normalized spacial score (nSPS) is 24.2. The Balaban J connectivity index is 2.08. The minimum atomic E-state index is -0.644. The molecule has 2 rings (SSSR count). The number of thiocarbonyl (C=S) groups is 1. The third-order valence-electron chi connectivity index (χ3n) is 2.80. The van der Waals surface area contributed by atoms with Crippen LogP contribution in [0, 0.1) is 0 Å². The smallest absolute Gasteiger partial charge is 0.136 e. The van der Waals surface area contributed by atoms with Gasteiger partial charge in [-0.2, -0.15) is 0 Å². The van der Waals surface area contributed by atoms with E-state index in [4.69, 9.17) is 18.0 Å². The first-order valence-electron chi connectivity index (χ1n) is 5.53. The molecule has 4 nitrogen and oxygen atoms in total. The third kappa shape index (κ3) is 3.23. The maximum Gasteiger partial charge on any atom is 0.136 e. The highest BCUT2D eigenvalue weighted by Gasteiger charge is 2.19. The highest BCUT2D eigenvalue weighted by atomic mass is 32.2. The summed E-state index contributed by atoms with van der Waals surface area (Å²) in [6.45, 7) is 0. The molecule has 0 saturated carbocycles. The van der Waals surface area contributed by atoms with Crippen LogP contribution in [0.5, 0.6) is 0 Å². The lowest BCUT2D eigenvalue weighted by Crippen LogP contribution is -2.30. The summed E-state index contributed by atoms with van der Waals surface area (Å²) in [4.78, 5) is 4.61. The average Bonchev–Trinajstić information content (AvgIpc) is 2.32. The largest absolute Gasteiger partial charge is 0.389 e. The Hall–Kier alpha value is -1.01. The molecule has 1 saturated heterocycles. The predicted octanol–water partition coefficient (Wildman–Crippen LogP) is 1.04.